The van der Waals surface area contributed by atoms with Crippen molar-refractivity contribution in [3.8, 4) is 0 Å². The van der Waals surface area contributed by atoms with Gasteiger partial charge in [-0.05, 0) is 89.2 Å². The average molecular weight is 497 g/mol. The van der Waals surface area contributed by atoms with Gasteiger partial charge in [-0.3, -0.25) is 0 Å². The van der Waals surface area contributed by atoms with Crippen LogP contribution in [-0.2, 0) is 30.1 Å². The normalized spacial score (nSPS) is 13.9. The van der Waals surface area contributed by atoms with Gasteiger partial charge in [0.15, 0.2) is 0 Å². The quantitative estimate of drug-likeness (QED) is 0.234. The molecule has 2 atom stereocenters. The molecule has 2 unspecified atom stereocenters. The molecule has 0 amide bonds. The number of rotatable bonds is 12. The maximum atomic E-state index is 2.45. The molecule has 0 fully saturated rings. The lowest BCUT2D eigenvalue weighted by atomic mass is 9.76. The molecular weight excluding hydrogens is 444 g/mol. The first-order valence-electron chi connectivity index (χ1n) is 14.8. The third kappa shape index (κ3) is 8.59. The van der Waals surface area contributed by atoms with Gasteiger partial charge in [0.25, 0.3) is 0 Å². The van der Waals surface area contributed by atoms with E-state index in [1.54, 1.807) is 0 Å². The summed E-state index contributed by atoms with van der Waals surface area (Å²) in [5.74, 6) is 1.56. The number of benzene rings is 3. The lowest BCUT2D eigenvalue weighted by Crippen LogP contribution is -2.19. The molecule has 0 heteroatoms. The van der Waals surface area contributed by atoms with Crippen LogP contribution in [-0.4, -0.2) is 0 Å². The van der Waals surface area contributed by atoms with E-state index in [-0.39, 0.29) is 10.8 Å². The van der Waals surface area contributed by atoms with Crippen LogP contribution in [0.2, 0.25) is 0 Å². The summed E-state index contributed by atoms with van der Waals surface area (Å²) >= 11 is 0. The minimum absolute atomic E-state index is 0.00531. The summed E-state index contributed by atoms with van der Waals surface area (Å²) < 4.78 is 0. The van der Waals surface area contributed by atoms with E-state index >= 15 is 0 Å². The van der Waals surface area contributed by atoms with Crippen LogP contribution in [0, 0.1) is 11.8 Å². The van der Waals surface area contributed by atoms with E-state index in [1.165, 1.54) is 71.9 Å². The van der Waals surface area contributed by atoms with Crippen LogP contribution in [0.15, 0.2) is 72.8 Å². The first-order chi connectivity index (χ1) is 17.5. The Balaban J connectivity index is 1.50. The van der Waals surface area contributed by atoms with Gasteiger partial charge in [0.2, 0.25) is 0 Å². The number of hydrogen-bond acceptors (Lipinski definition) is 0. The highest BCUT2D eigenvalue weighted by molar-refractivity contribution is 5.40. The second kappa shape index (κ2) is 12.9. The minimum atomic E-state index is 0.00531. The lowest BCUT2D eigenvalue weighted by molar-refractivity contribution is 0.492. The summed E-state index contributed by atoms with van der Waals surface area (Å²) in [5, 5.41) is 0. The summed E-state index contributed by atoms with van der Waals surface area (Å²) in [7, 11) is 0. The van der Waals surface area contributed by atoms with Crippen LogP contribution in [0.4, 0.5) is 0 Å². The average Bonchev–Trinajstić information content (AvgIpc) is 2.89. The fourth-order valence-corrected chi connectivity index (χ4v) is 5.17. The van der Waals surface area contributed by atoms with E-state index in [2.05, 4.69) is 128 Å². The van der Waals surface area contributed by atoms with Gasteiger partial charge in [-0.25, -0.2) is 0 Å². The Morgan fingerprint density at radius 3 is 1.46 bits per heavy atom. The highest BCUT2D eigenvalue weighted by atomic mass is 14.3. The molecule has 37 heavy (non-hydrogen) atoms. The number of aryl methyl sites for hydroxylation is 3. The highest BCUT2D eigenvalue weighted by Gasteiger charge is 2.24. The molecule has 3 aromatic carbocycles. The third-order valence-electron chi connectivity index (χ3n) is 8.61. The smallest absolute Gasteiger partial charge is 0.0146 e. The predicted octanol–water partition coefficient (Wildman–Crippen LogP) is 10.5. The molecule has 3 aromatic rings. The molecule has 0 aliphatic carbocycles. The molecule has 0 aromatic heterocycles. The van der Waals surface area contributed by atoms with Crippen molar-refractivity contribution in [2.24, 2.45) is 11.8 Å². The second-order valence-electron chi connectivity index (χ2n) is 13.2. The largest absolute Gasteiger partial charge is 0.0651 e. The Bertz CT molecular complexity index is 1080. The lowest BCUT2D eigenvalue weighted by Gasteiger charge is -2.28. The Morgan fingerprint density at radius 1 is 0.541 bits per heavy atom. The highest BCUT2D eigenvalue weighted by Crippen LogP contribution is 2.33. The Hall–Kier alpha value is -2.34. The summed E-state index contributed by atoms with van der Waals surface area (Å²) in [6.45, 7) is 18.6. The van der Waals surface area contributed by atoms with E-state index < -0.39 is 0 Å². The van der Waals surface area contributed by atoms with Crippen LogP contribution in [0.3, 0.4) is 0 Å². The molecule has 0 saturated carbocycles. The fourth-order valence-electron chi connectivity index (χ4n) is 5.17. The van der Waals surface area contributed by atoms with Gasteiger partial charge in [-0.2, -0.15) is 0 Å². The Kier molecular flexibility index (Phi) is 10.2. The zero-order valence-electron chi connectivity index (χ0n) is 25.0. The van der Waals surface area contributed by atoms with Crippen molar-refractivity contribution in [3.05, 3.63) is 106 Å². The van der Waals surface area contributed by atoms with E-state index in [0.717, 1.165) is 18.3 Å². The molecule has 0 heterocycles. The van der Waals surface area contributed by atoms with E-state index in [9.17, 15) is 0 Å². The molecule has 0 nitrogen and oxygen atoms in total. The summed E-state index contributed by atoms with van der Waals surface area (Å²) in [4.78, 5) is 0. The van der Waals surface area contributed by atoms with Crippen molar-refractivity contribution in [1.82, 2.24) is 0 Å². The van der Waals surface area contributed by atoms with Gasteiger partial charge >= 0.3 is 0 Å². The molecule has 0 radical (unpaired) electrons. The maximum Gasteiger partial charge on any atom is 0.0146 e. The van der Waals surface area contributed by atoms with Gasteiger partial charge in [0.05, 0.1) is 0 Å². The van der Waals surface area contributed by atoms with Crippen molar-refractivity contribution in [1.29, 1.82) is 0 Å². The van der Waals surface area contributed by atoms with Gasteiger partial charge in [-0.15, -0.1) is 0 Å². The van der Waals surface area contributed by atoms with Gasteiger partial charge in [0.1, 0.15) is 0 Å². The molecule has 0 saturated heterocycles. The van der Waals surface area contributed by atoms with Gasteiger partial charge < -0.3 is 0 Å². The first kappa shape index (κ1) is 29.2. The fraction of sp³-hybridized carbons (Fsp3) is 0.514. The van der Waals surface area contributed by atoms with Crippen LogP contribution in [0.25, 0.3) is 0 Å². The zero-order chi connectivity index (χ0) is 27.1. The van der Waals surface area contributed by atoms with Crippen LogP contribution in [0.1, 0.15) is 114 Å². The second-order valence-corrected chi connectivity index (χ2v) is 13.2. The van der Waals surface area contributed by atoms with Crippen molar-refractivity contribution in [2.75, 3.05) is 0 Å². The van der Waals surface area contributed by atoms with Crippen molar-refractivity contribution in [2.45, 2.75) is 111 Å². The summed E-state index contributed by atoms with van der Waals surface area (Å²) in [6.07, 6.45) is 8.68. The minimum Gasteiger partial charge on any atom is -0.0651 e. The molecule has 0 aliphatic heterocycles. The molecular formula is C37H52. The molecule has 0 bridgehead atoms. The summed E-state index contributed by atoms with van der Waals surface area (Å²) in [6, 6.07) is 28.0. The van der Waals surface area contributed by atoms with Crippen LogP contribution in [0.5, 0.6) is 0 Å². The van der Waals surface area contributed by atoms with Crippen LogP contribution < -0.4 is 0 Å². The molecule has 3 rings (SSSR count). The van der Waals surface area contributed by atoms with Gasteiger partial charge in [-0.1, -0.05) is 135 Å². The molecule has 0 spiro atoms. The van der Waals surface area contributed by atoms with Crippen LogP contribution >= 0.6 is 0 Å². The van der Waals surface area contributed by atoms with E-state index in [1.807, 2.05) is 0 Å². The number of hydrogen-bond donors (Lipinski definition) is 0. The molecule has 200 valence electrons. The molecule has 0 aliphatic rings. The Morgan fingerprint density at radius 2 is 0.973 bits per heavy atom. The topological polar surface area (TPSA) is 0 Å². The van der Waals surface area contributed by atoms with Crippen molar-refractivity contribution < 1.29 is 0 Å². The first-order valence-corrected chi connectivity index (χ1v) is 14.8. The van der Waals surface area contributed by atoms with Gasteiger partial charge in [0, 0.05) is 5.41 Å². The van der Waals surface area contributed by atoms with Crippen molar-refractivity contribution >= 4 is 0 Å². The Labute approximate surface area is 228 Å². The SMILES string of the molecule is CCC(C)CCc1cccc(CCC(C)CCc2ccc(C(C)(C)c3ccc(C(C)(C)C)cc3)cc2)c1. The van der Waals surface area contributed by atoms with Crippen molar-refractivity contribution in [3.63, 3.8) is 0 Å². The standard InChI is InChI=1S/C37H52/c1-9-28(2)13-17-31-11-10-12-32(27-31)18-15-29(3)14-16-30-19-21-34(22-20-30)37(7,8)35-25-23-33(24-26-35)36(4,5)6/h10-12,19-29H,9,13-18H2,1-8H3. The van der Waals surface area contributed by atoms with E-state index in [0.29, 0.717) is 0 Å². The summed E-state index contributed by atoms with van der Waals surface area (Å²) in [5.41, 5.74) is 8.85. The monoisotopic (exact) mass is 496 g/mol. The zero-order valence-corrected chi connectivity index (χ0v) is 25.0. The maximum absolute atomic E-state index is 2.45. The molecule has 0 N–H and O–H groups in total. The predicted molar refractivity (Wildman–Crippen MR) is 164 cm³/mol. The third-order valence-corrected chi connectivity index (χ3v) is 8.61. The van der Waals surface area contributed by atoms with E-state index in [4.69, 9.17) is 0 Å².